The van der Waals surface area contributed by atoms with E-state index >= 15 is 0 Å². The van der Waals surface area contributed by atoms with E-state index in [1.54, 1.807) is 19.1 Å². The standard InChI is InChI=1S/C12H13FN2O/c1-8-2-3-9(6-11(8)13)12-7-10(4-5-14)16-15-12/h2-3,6-7H,4-5,14H2,1H3. The number of benzene rings is 1. The summed E-state index contributed by atoms with van der Waals surface area (Å²) in [6.45, 7) is 2.23. The molecule has 0 atom stereocenters. The summed E-state index contributed by atoms with van der Waals surface area (Å²) in [4.78, 5) is 0. The van der Waals surface area contributed by atoms with Crippen molar-refractivity contribution in [3.63, 3.8) is 0 Å². The lowest BCUT2D eigenvalue weighted by molar-refractivity contribution is 0.386. The number of nitrogens with zero attached hydrogens (tertiary/aromatic N) is 1. The van der Waals surface area contributed by atoms with Gasteiger partial charge in [0.15, 0.2) is 0 Å². The topological polar surface area (TPSA) is 52.0 Å². The van der Waals surface area contributed by atoms with E-state index in [2.05, 4.69) is 5.16 Å². The molecule has 3 nitrogen and oxygen atoms in total. The predicted molar refractivity (Wildman–Crippen MR) is 59.4 cm³/mol. The Morgan fingerprint density at radius 1 is 1.38 bits per heavy atom. The van der Waals surface area contributed by atoms with E-state index in [-0.39, 0.29) is 5.82 Å². The van der Waals surface area contributed by atoms with Crippen molar-refractivity contribution in [3.8, 4) is 11.3 Å². The Kier molecular flexibility index (Phi) is 3.01. The predicted octanol–water partition coefficient (Wildman–Crippen LogP) is 2.29. The fraction of sp³-hybridized carbons (Fsp3) is 0.250. The molecule has 0 aliphatic rings. The molecule has 0 spiro atoms. The molecule has 4 heteroatoms. The second kappa shape index (κ2) is 4.45. The fourth-order valence-electron chi connectivity index (χ4n) is 1.46. The van der Waals surface area contributed by atoms with Crippen LogP contribution in [0.25, 0.3) is 11.3 Å². The largest absolute Gasteiger partial charge is 0.361 e. The maximum Gasteiger partial charge on any atom is 0.138 e. The smallest absolute Gasteiger partial charge is 0.138 e. The highest BCUT2D eigenvalue weighted by Crippen LogP contribution is 2.21. The van der Waals surface area contributed by atoms with Crippen LogP contribution in [0.3, 0.4) is 0 Å². The van der Waals surface area contributed by atoms with Crippen molar-refractivity contribution in [2.24, 2.45) is 5.73 Å². The molecule has 84 valence electrons. The highest BCUT2D eigenvalue weighted by Gasteiger charge is 2.07. The van der Waals surface area contributed by atoms with E-state index in [0.717, 1.165) is 11.3 Å². The number of nitrogens with two attached hydrogens (primary N) is 1. The van der Waals surface area contributed by atoms with E-state index in [9.17, 15) is 4.39 Å². The summed E-state index contributed by atoms with van der Waals surface area (Å²) >= 11 is 0. The zero-order chi connectivity index (χ0) is 11.5. The van der Waals surface area contributed by atoms with Crippen molar-refractivity contribution in [1.82, 2.24) is 5.16 Å². The lowest BCUT2D eigenvalue weighted by Crippen LogP contribution is -2.01. The summed E-state index contributed by atoms with van der Waals surface area (Å²) in [6.07, 6.45) is 0.640. The lowest BCUT2D eigenvalue weighted by Gasteiger charge is -1.98. The quantitative estimate of drug-likeness (QED) is 0.863. The average Bonchev–Trinajstić information content (AvgIpc) is 2.71. The number of hydrogen-bond acceptors (Lipinski definition) is 3. The molecule has 0 unspecified atom stereocenters. The van der Waals surface area contributed by atoms with Crippen LogP contribution in [0.5, 0.6) is 0 Å². The highest BCUT2D eigenvalue weighted by atomic mass is 19.1. The third-order valence-electron chi connectivity index (χ3n) is 2.42. The van der Waals surface area contributed by atoms with Crippen LogP contribution in [0.15, 0.2) is 28.8 Å². The summed E-state index contributed by atoms with van der Waals surface area (Å²) in [6, 6.07) is 6.79. The number of halogens is 1. The molecule has 0 bridgehead atoms. The monoisotopic (exact) mass is 220 g/mol. The number of aromatic nitrogens is 1. The van der Waals surface area contributed by atoms with Gasteiger partial charge >= 0.3 is 0 Å². The first-order chi connectivity index (χ1) is 7.70. The third kappa shape index (κ3) is 2.12. The average molecular weight is 220 g/mol. The van der Waals surface area contributed by atoms with Gasteiger partial charge in [-0.3, -0.25) is 0 Å². The molecule has 0 saturated carbocycles. The van der Waals surface area contributed by atoms with Crippen LogP contribution in [0.1, 0.15) is 11.3 Å². The lowest BCUT2D eigenvalue weighted by atomic mass is 10.1. The summed E-state index contributed by atoms with van der Waals surface area (Å²) < 4.78 is 18.4. The van der Waals surface area contributed by atoms with Gasteiger partial charge in [-0.15, -0.1) is 0 Å². The van der Waals surface area contributed by atoms with Gasteiger partial charge < -0.3 is 10.3 Å². The Bertz CT molecular complexity index is 494. The van der Waals surface area contributed by atoms with Gasteiger partial charge in [-0.1, -0.05) is 17.3 Å². The fourth-order valence-corrected chi connectivity index (χ4v) is 1.46. The molecule has 1 aromatic carbocycles. The zero-order valence-corrected chi connectivity index (χ0v) is 9.03. The highest BCUT2D eigenvalue weighted by molar-refractivity contribution is 5.59. The Hall–Kier alpha value is -1.68. The summed E-state index contributed by atoms with van der Waals surface area (Å²) in [5.41, 5.74) is 7.38. The molecule has 1 aromatic heterocycles. The first kappa shape index (κ1) is 10.8. The molecule has 0 saturated heterocycles. The molecular formula is C12H13FN2O. The Balaban J connectivity index is 2.31. The SMILES string of the molecule is Cc1ccc(-c2cc(CCN)on2)cc1F. The van der Waals surface area contributed by atoms with Gasteiger partial charge in [0.25, 0.3) is 0 Å². The van der Waals surface area contributed by atoms with Crippen molar-refractivity contribution in [3.05, 3.63) is 41.4 Å². The van der Waals surface area contributed by atoms with E-state index < -0.39 is 0 Å². The Morgan fingerprint density at radius 3 is 2.88 bits per heavy atom. The minimum atomic E-state index is -0.235. The molecule has 0 fully saturated rings. The van der Waals surface area contributed by atoms with Crippen molar-refractivity contribution in [2.45, 2.75) is 13.3 Å². The minimum Gasteiger partial charge on any atom is -0.361 e. The summed E-state index contributed by atoms with van der Waals surface area (Å²) in [5, 5.41) is 3.88. The Labute approximate surface area is 93.1 Å². The maximum atomic E-state index is 13.3. The van der Waals surface area contributed by atoms with Crippen LogP contribution < -0.4 is 5.73 Å². The molecule has 0 aliphatic carbocycles. The van der Waals surface area contributed by atoms with Crippen LogP contribution in [0.4, 0.5) is 4.39 Å². The Morgan fingerprint density at radius 2 is 2.19 bits per heavy atom. The molecule has 0 amide bonds. The third-order valence-corrected chi connectivity index (χ3v) is 2.42. The molecule has 2 N–H and O–H groups in total. The summed E-state index contributed by atoms with van der Waals surface area (Å²) in [5.74, 6) is 0.486. The number of hydrogen-bond donors (Lipinski definition) is 1. The first-order valence-electron chi connectivity index (χ1n) is 5.13. The molecule has 16 heavy (non-hydrogen) atoms. The van der Waals surface area contributed by atoms with Gasteiger partial charge in [0, 0.05) is 18.1 Å². The van der Waals surface area contributed by atoms with Crippen molar-refractivity contribution in [1.29, 1.82) is 0 Å². The van der Waals surface area contributed by atoms with Gasteiger partial charge in [-0.05, 0) is 25.1 Å². The number of aryl methyl sites for hydroxylation is 1. The molecule has 0 radical (unpaired) electrons. The van der Waals surface area contributed by atoms with Gasteiger partial charge in [0.1, 0.15) is 17.3 Å². The molecule has 2 aromatic rings. The normalized spacial score (nSPS) is 10.7. The van der Waals surface area contributed by atoms with Crippen LogP contribution in [-0.4, -0.2) is 11.7 Å². The van der Waals surface area contributed by atoms with E-state index in [0.29, 0.717) is 24.2 Å². The zero-order valence-electron chi connectivity index (χ0n) is 9.03. The van der Waals surface area contributed by atoms with Crippen molar-refractivity contribution < 1.29 is 8.91 Å². The van der Waals surface area contributed by atoms with Gasteiger partial charge in [-0.2, -0.15) is 0 Å². The van der Waals surface area contributed by atoms with Crippen molar-refractivity contribution >= 4 is 0 Å². The second-order valence-electron chi connectivity index (χ2n) is 3.68. The molecule has 2 rings (SSSR count). The van der Waals surface area contributed by atoms with Gasteiger partial charge in [0.05, 0.1) is 0 Å². The van der Waals surface area contributed by atoms with Crippen LogP contribution in [0, 0.1) is 12.7 Å². The first-order valence-corrected chi connectivity index (χ1v) is 5.13. The number of rotatable bonds is 3. The molecular weight excluding hydrogens is 207 g/mol. The van der Waals surface area contributed by atoms with Crippen LogP contribution in [-0.2, 0) is 6.42 Å². The van der Waals surface area contributed by atoms with Crippen molar-refractivity contribution in [2.75, 3.05) is 6.54 Å². The summed E-state index contributed by atoms with van der Waals surface area (Å²) in [7, 11) is 0. The minimum absolute atomic E-state index is 0.235. The van der Waals surface area contributed by atoms with E-state index in [4.69, 9.17) is 10.3 Å². The van der Waals surface area contributed by atoms with Gasteiger partial charge in [-0.25, -0.2) is 4.39 Å². The van der Waals surface area contributed by atoms with E-state index in [1.807, 2.05) is 6.07 Å². The molecule has 1 heterocycles. The maximum absolute atomic E-state index is 13.3. The van der Waals surface area contributed by atoms with E-state index in [1.165, 1.54) is 6.07 Å². The molecule has 0 aliphatic heterocycles. The van der Waals surface area contributed by atoms with Gasteiger partial charge in [0.2, 0.25) is 0 Å². The second-order valence-corrected chi connectivity index (χ2v) is 3.68. The van der Waals surface area contributed by atoms with Crippen LogP contribution in [0.2, 0.25) is 0 Å². The van der Waals surface area contributed by atoms with Crippen LogP contribution >= 0.6 is 0 Å².